The van der Waals surface area contributed by atoms with E-state index in [-0.39, 0.29) is 50.0 Å². The first-order valence-electron chi connectivity index (χ1n) is 13.6. The van der Waals surface area contributed by atoms with Crippen LogP contribution in [-0.2, 0) is 28.8 Å². The maximum atomic E-state index is 13.4. The van der Waals surface area contributed by atoms with Gasteiger partial charge in [0, 0.05) is 18.8 Å². The van der Waals surface area contributed by atoms with Crippen molar-refractivity contribution in [3.8, 4) is 0 Å². The van der Waals surface area contributed by atoms with Crippen molar-refractivity contribution in [2.45, 2.75) is 82.1 Å². The number of nitrogens with zero attached hydrogens (tertiary/aromatic N) is 2. The lowest BCUT2D eigenvalue weighted by molar-refractivity contribution is -0.144. The fraction of sp³-hybridized carbons (Fsp3) is 0.667. The van der Waals surface area contributed by atoms with E-state index in [2.05, 4.69) is 43.9 Å². The SMILES string of the molecule is CC(C)(NC(=O)[C@H](CCCN=C(N)N)NC(=O)[C@H](CCCCN=C(N)N)NC(=O)[C@@H](N)CS)C(=O)N[C@@H](CC(N)=O)C(=O)O. The van der Waals surface area contributed by atoms with E-state index in [4.69, 9.17) is 34.4 Å². The predicted molar refractivity (Wildman–Crippen MR) is 166 cm³/mol. The van der Waals surface area contributed by atoms with Crippen molar-refractivity contribution in [3.05, 3.63) is 0 Å². The van der Waals surface area contributed by atoms with Crippen LogP contribution < -0.4 is 55.7 Å². The van der Waals surface area contributed by atoms with Crippen molar-refractivity contribution in [3.63, 3.8) is 0 Å². The summed E-state index contributed by atoms with van der Waals surface area (Å²) in [6, 6.07) is -4.99. The molecule has 17 N–H and O–H groups in total. The molecule has 0 unspecified atom stereocenters. The molecular formula is C24H46N12O7S. The van der Waals surface area contributed by atoms with E-state index in [0.717, 1.165) is 0 Å². The fourth-order valence-corrected chi connectivity index (χ4v) is 3.70. The summed E-state index contributed by atoms with van der Waals surface area (Å²) in [6.45, 7) is 2.98. The van der Waals surface area contributed by atoms with Crippen LogP contribution in [0.25, 0.3) is 0 Å². The lowest BCUT2D eigenvalue weighted by Gasteiger charge is -2.30. The third-order valence-corrected chi connectivity index (χ3v) is 6.35. The third-order valence-electron chi connectivity index (χ3n) is 5.95. The normalized spacial score (nSPS) is 13.6. The van der Waals surface area contributed by atoms with Crippen LogP contribution in [0.4, 0.5) is 0 Å². The van der Waals surface area contributed by atoms with Gasteiger partial charge in [0.05, 0.1) is 12.5 Å². The second kappa shape index (κ2) is 19.8. The summed E-state index contributed by atoms with van der Waals surface area (Å²) in [5, 5.41) is 19.1. The van der Waals surface area contributed by atoms with Gasteiger partial charge >= 0.3 is 5.97 Å². The Labute approximate surface area is 260 Å². The molecule has 0 saturated carbocycles. The molecule has 0 radical (unpaired) electrons. The number of hydrogen-bond acceptors (Lipinski definition) is 10. The number of aliphatic imine (C=N–C) groups is 2. The van der Waals surface area contributed by atoms with Crippen molar-refractivity contribution in [1.29, 1.82) is 0 Å². The summed E-state index contributed by atoms with van der Waals surface area (Å²) >= 11 is 4.00. The Balaban J connectivity index is 5.90. The van der Waals surface area contributed by atoms with E-state index in [1.165, 1.54) is 13.8 Å². The number of carboxylic acids is 1. The summed E-state index contributed by atoms with van der Waals surface area (Å²) in [5.74, 6) is -5.83. The molecule has 0 spiro atoms. The molecule has 20 heteroatoms. The van der Waals surface area contributed by atoms with E-state index >= 15 is 0 Å². The Bertz CT molecular complexity index is 1080. The van der Waals surface area contributed by atoms with E-state index in [0.29, 0.717) is 12.8 Å². The molecule has 4 atom stereocenters. The van der Waals surface area contributed by atoms with Gasteiger partial charge in [-0.1, -0.05) is 0 Å². The summed E-state index contributed by atoms with van der Waals surface area (Å²) in [4.78, 5) is 82.4. The quantitative estimate of drug-likeness (QED) is 0.0241. The number of hydrogen-bond donors (Lipinski definition) is 12. The molecule has 0 rings (SSSR count). The number of carbonyl (C=O) groups excluding carboxylic acids is 5. The lowest BCUT2D eigenvalue weighted by Crippen LogP contribution is -2.62. The Kier molecular flexibility index (Phi) is 17.8. The monoisotopic (exact) mass is 646 g/mol. The van der Waals surface area contributed by atoms with E-state index in [1.54, 1.807) is 0 Å². The molecule has 0 aromatic heterocycles. The van der Waals surface area contributed by atoms with Gasteiger partial charge in [-0.25, -0.2) is 4.79 Å². The Morgan fingerprint density at radius 3 is 1.75 bits per heavy atom. The number of nitrogens with two attached hydrogens (primary N) is 6. The number of nitrogens with one attached hydrogen (secondary N) is 4. The minimum Gasteiger partial charge on any atom is -0.480 e. The standard InChI is InChI=1S/C24H46N12O7S/c1-24(2,21(43)35-15(20(41)42)10-16(26)37)36-19(40)14(7-5-9-32-23(29)30)34-18(39)13(33-17(38)12(25)11-44)6-3-4-8-31-22(27)28/h12-15,44H,3-11,25H2,1-2H3,(H2,26,37)(H,33,38)(H,34,39)(H,35,43)(H,36,40)(H,41,42)(H4,27,28,31)(H4,29,30,32)/t12-,13-,14-,15-/m0/s1. The van der Waals surface area contributed by atoms with Crippen LogP contribution in [0.3, 0.4) is 0 Å². The number of primary amides is 1. The topological polar surface area (TPSA) is 352 Å². The van der Waals surface area contributed by atoms with Gasteiger partial charge in [0.15, 0.2) is 11.9 Å². The number of guanidine groups is 2. The summed E-state index contributed by atoms with van der Waals surface area (Å²) in [6.07, 6.45) is 0.592. The molecule has 0 aromatic rings. The molecule has 0 aliphatic rings. The molecule has 250 valence electrons. The molecule has 0 aliphatic carbocycles. The molecule has 19 nitrogen and oxygen atoms in total. The highest BCUT2D eigenvalue weighted by Crippen LogP contribution is 2.09. The van der Waals surface area contributed by atoms with Crippen LogP contribution in [0.15, 0.2) is 9.98 Å². The van der Waals surface area contributed by atoms with Crippen LogP contribution in [0.1, 0.15) is 52.4 Å². The van der Waals surface area contributed by atoms with Crippen LogP contribution in [0, 0.1) is 0 Å². The maximum Gasteiger partial charge on any atom is 0.326 e. The average Bonchev–Trinajstić information content (AvgIpc) is 2.91. The fourth-order valence-electron chi connectivity index (χ4n) is 3.54. The number of carboxylic acid groups (broad SMARTS) is 1. The summed E-state index contributed by atoms with van der Waals surface area (Å²) < 4.78 is 0. The third kappa shape index (κ3) is 16.3. The predicted octanol–water partition coefficient (Wildman–Crippen LogP) is -4.95. The molecule has 0 aliphatic heterocycles. The first-order valence-corrected chi connectivity index (χ1v) is 14.3. The molecular weight excluding hydrogens is 600 g/mol. The van der Waals surface area contributed by atoms with Gasteiger partial charge in [-0.05, 0) is 46.0 Å². The van der Waals surface area contributed by atoms with Crippen molar-refractivity contribution < 1.29 is 33.9 Å². The van der Waals surface area contributed by atoms with Gasteiger partial charge < -0.3 is 60.8 Å². The zero-order chi connectivity index (χ0) is 34.0. The van der Waals surface area contributed by atoms with Crippen LogP contribution >= 0.6 is 12.6 Å². The first-order chi connectivity index (χ1) is 20.4. The van der Waals surface area contributed by atoms with E-state index < -0.39 is 71.6 Å². The molecule has 0 saturated heterocycles. The van der Waals surface area contributed by atoms with E-state index in [9.17, 15) is 33.9 Å². The van der Waals surface area contributed by atoms with Crippen molar-refractivity contribution in [2.75, 3.05) is 18.8 Å². The van der Waals surface area contributed by atoms with Crippen molar-refractivity contribution in [1.82, 2.24) is 21.3 Å². The molecule has 0 fully saturated rings. The van der Waals surface area contributed by atoms with Gasteiger partial charge in [0.2, 0.25) is 29.5 Å². The number of aliphatic carboxylic acids is 1. The molecule has 0 aromatic carbocycles. The van der Waals surface area contributed by atoms with Gasteiger partial charge in [0.25, 0.3) is 0 Å². The molecule has 0 bridgehead atoms. The van der Waals surface area contributed by atoms with Gasteiger partial charge in [-0.15, -0.1) is 0 Å². The maximum absolute atomic E-state index is 13.4. The minimum atomic E-state index is -1.70. The summed E-state index contributed by atoms with van der Waals surface area (Å²) in [7, 11) is 0. The molecule has 5 amide bonds. The number of carbonyl (C=O) groups is 6. The Morgan fingerprint density at radius 1 is 0.750 bits per heavy atom. The van der Waals surface area contributed by atoms with Crippen LogP contribution in [-0.4, -0.2) is 101 Å². The number of rotatable bonds is 21. The van der Waals surface area contributed by atoms with Crippen molar-refractivity contribution in [2.24, 2.45) is 44.4 Å². The minimum absolute atomic E-state index is 0.00674. The van der Waals surface area contributed by atoms with Crippen LogP contribution in [0.2, 0.25) is 0 Å². The van der Waals surface area contributed by atoms with Gasteiger partial charge in [0.1, 0.15) is 23.7 Å². The molecule has 0 heterocycles. The largest absolute Gasteiger partial charge is 0.480 e. The van der Waals surface area contributed by atoms with Crippen molar-refractivity contribution >= 4 is 60.1 Å². The zero-order valence-corrected chi connectivity index (χ0v) is 25.8. The lowest BCUT2D eigenvalue weighted by atomic mass is 10.0. The number of thiol groups is 1. The summed E-state index contributed by atoms with van der Waals surface area (Å²) in [5.41, 5.74) is 30.4. The highest BCUT2D eigenvalue weighted by molar-refractivity contribution is 7.80. The number of unbranched alkanes of at least 4 members (excludes halogenated alkanes) is 1. The Morgan fingerprint density at radius 2 is 1.25 bits per heavy atom. The second-order valence-corrected chi connectivity index (χ2v) is 10.7. The van der Waals surface area contributed by atoms with Gasteiger partial charge in [-0.2, -0.15) is 12.6 Å². The zero-order valence-electron chi connectivity index (χ0n) is 24.9. The second-order valence-electron chi connectivity index (χ2n) is 10.3. The smallest absolute Gasteiger partial charge is 0.326 e. The Hall–Kier alpha value is -4.33. The highest BCUT2D eigenvalue weighted by Gasteiger charge is 2.36. The highest BCUT2D eigenvalue weighted by atomic mass is 32.1. The molecule has 44 heavy (non-hydrogen) atoms. The average molecular weight is 647 g/mol. The number of amides is 5. The first kappa shape index (κ1) is 39.7. The van der Waals surface area contributed by atoms with E-state index in [1.807, 2.05) is 0 Å². The van der Waals surface area contributed by atoms with Crippen LogP contribution in [0.5, 0.6) is 0 Å². The van der Waals surface area contributed by atoms with Gasteiger partial charge in [-0.3, -0.25) is 34.0 Å².